The summed E-state index contributed by atoms with van der Waals surface area (Å²) in [6.45, 7) is 3.67. The van der Waals surface area contributed by atoms with Crippen LogP contribution in [-0.4, -0.2) is 28.0 Å². The van der Waals surface area contributed by atoms with Gasteiger partial charge in [0.25, 0.3) is 0 Å². The van der Waals surface area contributed by atoms with Crippen LogP contribution in [0.2, 0.25) is 0 Å². The molecular formula is C15H12BrN3O3. The third-order valence-corrected chi connectivity index (χ3v) is 5.49. The summed E-state index contributed by atoms with van der Waals surface area (Å²) in [5.74, 6) is -0.945. The first-order chi connectivity index (χ1) is 10.4. The molecule has 2 atom stereocenters. The van der Waals surface area contributed by atoms with Gasteiger partial charge in [0.05, 0.1) is 16.4 Å². The third kappa shape index (κ3) is 1.97. The van der Waals surface area contributed by atoms with Crippen LogP contribution in [0.15, 0.2) is 35.0 Å². The van der Waals surface area contributed by atoms with Crippen LogP contribution in [0, 0.1) is 0 Å². The molecule has 7 heteroatoms. The number of azide groups is 1. The molecule has 1 heterocycles. The Kier molecular flexibility index (Phi) is 3.34. The molecule has 112 valence electrons. The number of Topliss-reactive ketones (excluding diaryl/α,β-unsaturated/α-hetero) is 2. The van der Waals surface area contributed by atoms with Crippen LogP contribution in [0.25, 0.3) is 16.2 Å². The normalized spacial score (nSPS) is 25.8. The number of ether oxygens (including phenoxy) is 1. The van der Waals surface area contributed by atoms with Crippen molar-refractivity contribution in [3.8, 4) is 0 Å². The average Bonchev–Trinajstić information content (AvgIpc) is 2.49. The van der Waals surface area contributed by atoms with Crippen molar-refractivity contribution in [1.29, 1.82) is 0 Å². The van der Waals surface area contributed by atoms with Gasteiger partial charge in [-0.1, -0.05) is 45.3 Å². The molecule has 2 aliphatic rings. The van der Waals surface area contributed by atoms with Gasteiger partial charge in [0, 0.05) is 16.0 Å². The van der Waals surface area contributed by atoms with Gasteiger partial charge in [-0.05, 0) is 19.4 Å². The first-order valence-electron chi connectivity index (χ1n) is 6.68. The SMILES string of the molecule is CC1(C)OC2=C(C(=O)C(=O)c3ccccc32)[C@H](N=[N+]=[N-])[C@H]1Br. The highest BCUT2D eigenvalue weighted by Crippen LogP contribution is 2.45. The number of nitrogens with zero attached hydrogens (tertiary/aromatic N) is 3. The predicted octanol–water partition coefficient (Wildman–Crippen LogP) is 3.41. The molecule has 0 unspecified atom stereocenters. The lowest BCUT2D eigenvalue weighted by Crippen LogP contribution is -2.49. The molecule has 0 saturated heterocycles. The number of hydrogen-bond acceptors (Lipinski definition) is 4. The van der Waals surface area contributed by atoms with E-state index in [1.54, 1.807) is 24.3 Å². The van der Waals surface area contributed by atoms with E-state index < -0.39 is 28.0 Å². The average molecular weight is 362 g/mol. The molecule has 1 aliphatic heterocycles. The van der Waals surface area contributed by atoms with Gasteiger partial charge < -0.3 is 4.74 Å². The molecule has 1 aromatic rings. The van der Waals surface area contributed by atoms with Gasteiger partial charge in [0.15, 0.2) is 0 Å². The number of hydrogen-bond donors (Lipinski definition) is 0. The fourth-order valence-corrected chi connectivity index (χ4v) is 3.23. The minimum atomic E-state index is -0.798. The monoisotopic (exact) mass is 361 g/mol. The molecule has 0 amide bonds. The summed E-state index contributed by atoms with van der Waals surface area (Å²) >= 11 is 3.44. The van der Waals surface area contributed by atoms with E-state index in [9.17, 15) is 9.59 Å². The molecule has 1 aromatic carbocycles. The zero-order valence-electron chi connectivity index (χ0n) is 11.9. The Bertz CT molecular complexity index is 778. The van der Waals surface area contributed by atoms with Crippen LogP contribution < -0.4 is 0 Å². The molecule has 0 fully saturated rings. The Hall–Kier alpha value is -2.11. The Morgan fingerprint density at radius 3 is 2.50 bits per heavy atom. The highest BCUT2D eigenvalue weighted by Gasteiger charge is 2.49. The third-order valence-electron chi connectivity index (χ3n) is 3.89. The second-order valence-electron chi connectivity index (χ2n) is 5.70. The molecule has 22 heavy (non-hydrogen) atoms. The van der Waals surface area contributed by atoms with Gasteiger partial charge in [0.1, 0.15) is 11.4 Å². The molecule has 3 rings (SSSR count). The van der Waals surface area contributed by atoms with Gasteiger partial charge in [-0.3, -0.25) is 9.59 Å². The van der Waals surface area contributed by atoms with Crippen molar-refractivity contribution in [2.24, 2.45) is 5.11 Å². The molecule has 1 aliphatic carbocycles. The summed E-state index contributed by atoms with van der Waals surface area (Å²) in [6.07, 6.45) is 0. The van der Waals surface area contributed by atoms with Crippen molar-refractivity contribution in [2.45, 2.75) is 30.3 Å². The Labute approximate surface area is 134 Å². The van der Waals surface area contributed by atoms with E-state index in [0.717, 1.165) is 0 Å². The minimum Gasteiger partial charge on any atom is -0.486 e. The molecular weight excluding hydrogens is 350 g/mol. The maximum Gasteiger partial charge on any atom is 0.234 e. The molecule has 0 radical (unpaired) electrons. The second kappa shape index (κ2) is 4.97. The lowest BCUT2D eigenvalue weighted by Gasteiger charge is -2.42. The number of fused-ring (bicyclic) bond motifs is 2. The van der Waals surface area contributed by atoms with Crippen LogP contribution in [0.4, 0.5) is 0 Å². The van der Waals surface area contributed by atoms with Crippen LogP contribution in [0.5, 0.6) is 0 Å². The summed E-state index contributed by atoms with van der Waals surface area (Å²) in [4.78, 5) is 27.2. The fourth-order valence-electron chi connectivity index (χ4n) is 2.77. The quantitative estimate of drug-likeness (QED) is 0.252. The number of rotatable bonds is 1. The first kappa shape index (κ1) is 14.8. The van der Waals surface area contributed by atoms with E-state index in [0.29, 0.717) is 16.9 Å². The molecule has 0 spiro atoms. The van der Waals surface area contributed by atoms with Crippen molar-refractivity contribution < 1.29 is 14.3 Å². The number of alkyl halides is 1. The number of ketones is 2. The second-order valence-corrected chi connectivity index (χ2v) is 6.69. The fraction of sp³-hybridized carbons (Fsp3) is 0.333. The maximum atomic E-state index is 12.5. The topological polar surface area (TPSA) is 92.1 Å². The summed E-state index contributed by atoms with van der Waals surface area (Å²) in [6, 6.07) is 5.99. The smallest absolute Gasteiger partial charge is 0.234 e. The molecule has 0 N–H and O–H groups in total. The largest absolute Gasteiger partial charge is 0.486 e. The van der Waals surface area contributed by atoms with Gasteiger partial charge in [-0.25, -0.2) is 0 Å². The van der Waals surface area contributed by atoms with E-state index in [4.69, 9.17) is 10.3 Å². The minimum absolute atomic E-state index is 0.128. The lowest BCUT2D eigenvalue weighted by atomic mass is 9.80. The van der Waals surface area contributed by atoms with E-state index in [2.05, 4.69) is 26.0 Å². The van der Waals surface area contributed by atoms with E-state index in [1.807, 2.05) is 13.8 Å². The molecule has 0 bridgehead atoms. The highest BCUT2D eigenvalue weighted by molar-refractivity contribution is 9.09. The number of carbonyl (C=O) groups is 2. The Morgan fingerprint density at radius 1 is 1.23 bits per heavy atom. The summed E-state index contributed by atoms with van der Waals surface area (Å²) in [5, 5.41) is 3.73. The summed E-state index contributed by atoms with van der Waals surface area (Å²) < 4.78 is 5.99. The molecule has 0 saturated carbocycles. The summed E-state index contributed by atoms with van der Waals surface area (Å²) in [7, 11) is 0. The van der Waals surface area contributed by atoms with Gasteiger partial charge in [-0.2, -0.15) is 0 Å². The van der Waals surface area contributed by atoms with Gasteiger partial charge in [0.2, 0.25) is 11.6 Å². The Morgan fingerprint density at radius 2 is 1.86 bits per heavy atom. The van der Waals surface area contributed by atoms with Crippen molar-refractivity contribution in [2.75, 3.05) is 0 Å². The van der Waals surface area contributed by atoms with E-state index in [1.165, 1.54) is 0 Å². The first-order valence-corrected chi connectivity index (χ1v) is 7.60. The van der Waals surface area contributed by atoms with Crippen LogP contribution >= 0.6 is 15.9 Å². The highest BCUT2D eigenvalue weighted by atomic mass is 79.9. The van der Waals surface area contributed by atoms with Crippen LogP contribution in [0.3, 0.4) is 0 Å². The maximum absolute atomic E-state index is 12.5. The predicted molar refractivity (Wildman–Crippen MR) is 83.5 cm³/mol. The number of benzene rings is 1. The number of halogens is 1. The van der Waals surface area contributed by atoms with Crippen molar-refractivity contribution in [1.82, 2.24) is 0 Å². The molecule has 6 nitrogen and oxygen atoms in total. The van der Waals surface area contributed by atoms with Crippen molar-refractivity contribution >= 4 is 33.3 Å². The van der Waals surface area contributed by atoms with Crippen molar-refractivity contribution in [3.05, 3.63) is 51.4 Å². The molecule has 0 aromatic heterocycles. The number of carbonyl (C=O) groups excluding carboxylic acids is 2. The standard InChI is InChI=1S/C15H12BrN3O3/c1-15(2)14(16)10(18-19-17)9-12(21)11(20)7-5-3-4-6-8(7)13(9)22-15/h3-6,10,14H,1-2H3/t10-,14+/m0/s1. The van der Waals surface area contributed by atoms with E-state index >= 15 is 0 Å². The van der Waals surface area contributed by atoms with Crippen LogP contribution in [-0.2, 0) is 9.53 Å². The van der Waals surface area contributed by atoms with Crippen molar-refractivity contribution in [3.63, 3.8) is 0 Å². The van der Waals surface area contributed by atoms with Gasteiger partial charge in [-0.15, -0.1) is 0 Å². The zero-order valence-corrected chi connectivity index (χ0v) is 13.5. The van der Waals surface area contributed by atoms with E-state index in [-0.39, 0.29) is 5.57 Å². The van der Waals surface area contributed by atoms with Gasteiger partial charge >= 0.3 is 0 Å². The van der Waals surface area contributed by atoms with Crippen LogP contribution in [0.1, 0.15) is 29.8 Å². The Balaban J connectivity index is 2.33. The summed E-state index contributed by atoms with van der Waals surface area (Å²) in [5.41, 5.74) is 9.12. The lowest BCUT2D eigenvalue weighted by molar-refractivity contribution is -0.112. The zero-order chi connectivity index (χ0) is 16.1.